The van der Waals surface area contributed by atoms with Gasteiger partial charge in [0.05, 0.1) is 17.9 Å². The quantitative estimate of drug-likeness (QED) is 0.674. The zero-order valence-electron chi connectivity index (χ0n) is 17.4. The number of carbonyl (C=O) groups excluding carboxylic acids is 1. The van der Waals surface area contributed by atoms with Crippen molar-refractivity contribution in [1.29, 1.82) is 0 Å². The maximum atomic E-state index is 13.1. The molecular weight excluding hydrogens is 385 g/mol. The number of hydrogen-bond acceptors (Lipinski definition) is 6. The molecule has 0 saturated heterocycles. The summed E-state index contributed by atoms with van der Waals surface area (Å²) in [5.41, 5.74) is 4.25. The summed E-state index contributed by atoms with van der Waals surface area (Å²) in [5, 5.41) is 10.7. The van der Waals surface area contributed by atoms with Crippen molar-refractivity contribution in [1.82, 2.24) is 19.7 Å². The molecule has 3 heterocycles. The van der Waals surface area contributed by atoms with E-state index in [2.05, 4.69) is 25.7 Å². The predicted molar refractivity (Wildman–Crippen MR) is 113 cm³/mol. The fourth-order valence-electron chi connectivity index (χ4n) is 3.39. The van der Waals surface area contributed by atoms with Crippen molar-refractivity contribution in [2.75, 3.05) is 22.6 Å². The maximum absolute atomic E-state index is 13.1. The highest BCUT2D eigenvalue weighted by atomic mass is 19.1. The van der Waals surface area contributed by atoms with Crippen molar-refractivity contribution in [3.8, 4) is 0 Å². The molecule has 9 heteroatoms. The van der Waals surface area contributed by atoms with E-state index in [-0.39, 0.29) is 17.8 Å². The SMILES string of the molecule is Cc1nn(Cc2ccc(F)cc2)cc1CNc1nc(C)c2c(n1)N(C)[C@@H](C)C(=O)N2. The summed E-state index contributed by atoms with van der Waals surface area (Å²) in [4.78, 5) is 23.0. The van der Waals surface area contributed by atoms with Gasteiger partial charge < -0.3 is 15.5 Å². The Hall–Kier alpha value is -3.49. The van der Waals surface area contributed by atoms with Crippen LogP contribution in [0.15, 0.2) is 30.5 Å². The van der Waals surface area contributed by atoms with Gasteiger partial charge in [0.15, 0.2) is 5.82 Å². The van der Waals surface area contributed by atoms with Gasteiger partial charge in [-0.05, 0) is 38.5 Å². The number of nitrogens with zero attached hydrogens (tertiary/aromatic N) is 5. The zero-order chi connectivity index (χ0) is 21.4. The molecule has 3 aromatic rings. The van der Waals surface area contributed by atoms with Crippen LogP contribution in [0.4, 0.5) is 21.8 Å². The second-order valence-corrected chi connectivity index (χ2v) is 7.52. The lowest BCUT2D eigenvalue weighted by atomic mass is 10.2. The molecule has 1 aromatic carbocycles. The molecule has 1 aliphatic heterocycles. The average molecular weight is 409 g/mol. The predicted octanol–water partition coefficient (Wildman–Crippen LogP) is 2.87. The summed E-state index contributed by atoms with van der Waals surface area (Å²) in [5.74, 6) is 0.870. The van der Waals surface area contributed by atoms with Gasteiger partial charge >= 0.3 is 0 Å². The van der Waals surface area contributed by atoms with Crippen LogP contribution >= 0.6 is 0 Å². The van der Waals surface area contributed by atoms with Gasteiger partial charge in [-0.25, -0.2) is 9.37 Å². The molecule has 0 spiro atoms. The number of aryl methyl sites for hydroxylation is 2. The highest BCUT2D eigenvalue weighted by molar-refractivity contribution is 6.03. The summed E-state index contributed by atoms with van der Waals surface area (Å²) in [7, 11) is 1.85. The Morgan fingerprint density at radius 1 is 1.17 bits per heavy atom. The number of fused-ring (bicyclic) bond motifs is 1. The third-order valence-electron chi connectivity index (χ3n) is 5.36. The maximum Gasteiger partial charge on any atom is 0.246 e. The first-order valence-electron chi connectivity index (χ1n) is 9.75. The van der Waals surface area contributed by atoms with Crippen LogP contribution < -0.4 is 15.5 Å². The summed E-state index contributed by atoms with van der Waals surface area (Å²) in [6.07, 6.45) is 1.96. The van der Waals surface area contributed by atoms with Crippen LogP contribution in [0, 0.1) is 19.7 Å². The van der Waals surface area contributed by atoms with Gasteiger partial charge in [-0.1, -0.05) is 12.1 Å². The molecule has 1 amide bonds. The molecule has 156 valence electrons. The van der Waals surface area contributed by atoms with Crippen molar-refractivity contribution in [3.05, 3.63) is 58.8 Å². The number of likely N-dealkylation sites (N-methyl/N-ethyl adjacent to an activating group) is 1. The fraction of sp³-hybridized carbons (Fsp3) is 0.333. The molecule has 1 aliphatic rings. The smallest absolute Gasteiger partial charge is 0.246 e. The number of hydrogen-bond donors (Lipinski definition) is 2. The lowest BCUT2D eigenvalue weighted by molar-refractivity contribution is -0.117. The first kappa shape index (κ1) is 19.8. The van der Waals surface area contributed by atoms with Crippen LogP contribution in [0.3, 0.4) is 0 Å². The Labute approximate surface area is 174 Å². The van der Waals surface area contributed by atoms with Crippen LogP contribution in [-0.4, -0.2) is 38.7 Å². The molecule has 0 aliphatic carbocycles. The lowest BCUT2D eigenvalue weighted by Gasteiger charge is -2.32. The van der Waals surface area contributed by atoms with E-state index in [4.69, 9.17) is 0 Å². The van der Waals surface area contributed by atoms with E-state index in [0.29, 0.717) is 36.2 Å². The number of amides is 1. The number of halogens is 1. The van der Waals surface area contributed by atoms with Crippen molar-refractivity contribution in [2.45, 2.75) is 39.9 Å². The molecule has 0 saturated carbocycles. The number of rotatable bonds is 5. The van der Waals surface area contributed by atoms with E-state index in [1.165, 1.54) is 12.1 Å². The van der Waals surface area contributed by atoms with Gasteiger partial charge in [0.2, 0.25) is 11.9 Å². The van der Waals surface area contributed by atoms with Crippen LogP contribution in [0.25, 0.3) is 0 Å². The summed E-state index contributed by atoms with van der Waals surface area (Å²) in [6.45, 7) is 6.71. The lowest BCUT2D eigenvalue weighted by Crippen LogP contribution is -2.44. The van der Waals surface area contributed by atoms with Crippen molar-refractivity contribution >= 4 is 23.4 Å². The molecule has 2 N–H and O–H groups in total. The molecule has 1 atom stereocenters. The number of anilines is 3. The molecule has 8 nitrogen and oxygen atoms in total. The minimum absolute atomic E-state index is 0.0680. The Balaban J connectivity index is 1.49. The summed E-state index contributed by atoms with van der Waals surface area (Å²) < 4.78 is 14.9. The highest BCUT2D eigenvalue weighted by Gasteiger charge is 2.30. The van der Waals surface area contributed by atoms with Crippen molar-refractivity contribution in [3.63, 3.8) is 0 Å². The molecule has 0 fully saturated rings. The Bertz CT molecular complexity index is 1090. The number of benzene rings is 1. The van der Waals surface area contributed by atoms with Gasteiger partial charge in [0.25, 0.3) is 0 Å². The highest BCUT2D eigenvalue weighted by Crippen LogP contribution is 2.32. The van der Waals surface area contributed by atoms with Gasteiger partial charge in [-0.15, -0.1) is 0 Å². The largest absolute Gasteiger partial charge is 0.350 e. The fourth-order valence-corrected chi connectivity index (χ4v) is 3.39. The van der Waals surface area contributed by atoms with E-state index in [0.717, 1.165) is 16.8 Å². The second kappa shape index (κ2) is 7.74. The molecule has 0 radical (unpaired) electrons. The Morgan fingerprint density at radius 2 is 1.90 bits per heavy atom. The summed E-state index contributed by atoms with van der Waals surface area (Å²) in [6, 6.07) is 6.11. The topological polar surface area (TPSA) is 88.0 Å². The molecule has 0 unspecified atom stereocenters. The zero-order valence-corrected chi connectivity index (χ0v) is 17.4. The standard InChI is InChI=1S/C21H24FN7O/c1-12-16(11-29(27-12)10-15-5-7-17(22)8-6-15)9-23-21-24-13(2)18-19(26-21)28(4)14(3)20(30)25-18/h5-8,11,14H,9-10H2,1-4H3,(H,25,30)(H,23,24,26)/t14-/m0/s1. The first-order chi connectivity index (χ1) is 14.3. The number of nitrogens with one attached hydrogen (secondary N) is 2. The van der Waals surface area contributed by atoms with E-state index >= 15 is 0 Å². The Kier molecular flexibility index (Phi) is 5.11. The minimum Gasteiger partial charge on any atom is -0.350 e. The molecule has 4 rings (SSSR count). The van der Waals surface area contributed by atoms with Gasteiger partial charge in [0.1, 0.15) is 17.5 Å². The normalized spacial score (nSPS) is 15.7. The van der Waals surface area contributed by atoms with Crippen molar-refractivity contribution < 1.29 is 9.18 Å². The van der Waals surface area contributed by atoms with Crippen LogP contribution in [0.2, 0.25) is 0 Å². The molecule has 2 aromatic heterocycles. The van der Waals surface area contributed by atoms with E-state index < -0.39 is 0 Å². The van der Waals surface area contributed by atoms with Gasteiger partial charge in [-0.2, -0.15) is 10.1 Å². The monoisotopic (exact) mass is 409 g/mol. The van der Waals surface area contributed by atoms with Crippen LogP contribution in [0.5, 0.6) is 0 Å². The van der Waals surface area contributed by atoms with E-state index in [9.17, 15) is 9.18 Å². The van der Waals surface area contributed by atoms with Gasteiger partial charge in [-0.3, -0.25) is 9.48 Å². The van der Waals surface area contributed by atoms with E-state index in [1.807, 2.05) is 43.6 Å². The molecule has 0 bridgehead atoms. The van der Waals surface area contributed by atoms with Crippen molar-refractivity contribution in [2.24, 2.45) is 0 Å². The second-order valence-electron chi connectivity index (χ2n) is 7.52. The number of carbonyl (C=O) groups is 1. The minimum atomic E-state index is -0.299. The third kappa shape index (κ3) is 3.83. The van der Waals surface area contributed by atoms with E-state index in [1.54, 1.807) is 12.1 Å². The van der Waals surface area contributed by atoms with Crippen LogP contribution in [0.1, 0.15) is 29.4 Å². The third-order valence-corrected chi connectivity index (χ3v) is 5.36. The van der Waals surface area contributed by atoms with Crippen LogP contribution in [-0.2, 0) is 17.9 Å². The Morgan fingerprint density at radius 3 is 2.63 bits per heavy atom. The number of aromatic nitrogens is 4. The average Bonchev–Trinajstić information content (AvgIpc) is 3.06. The molecule has 30 heavy (non-hydrogen) atoms. The van der Waals surface area contributed by atoms with Gasteiger partial charge in [0, 0.05) is 25.4 Å². The summed E-state index contributed by atoms with van der Waals surface area (Å²) >= 11 is 0. The first-order valence-corrected chi connectivity index (χ1v) is 9.75. The molecular formula is C21H24FN7O.